The zero-order valence-electron chi connectivity index (χ0n) is 16.7. The van der Waals surface area contributed by atoms with Crippen LogP contribution in [0.3, 0.4) is 0 Å². The number of fused-ring (bicyclic) bond motifs is 1. The Morgan fingerprint density at radius 1 is 1.31 bits per heavy atom. The Balaban J connectivity index is 1.60. The lowest BCUT2D eigenvalue weighted by Gasteiger charge is -2.39. The summed E-state index contributed by atoms with van der Waals surface area (Å²) in [6.45, 7) is 1.59. The molecule has 1 aromatic heterocycles. The molecule has 1 aromatic carbocycles. The Hall–Kier alpha value is -3.08. The molecule has 0 bridgehead atoms. The largest absolute Gasteiger partial charge is 0.452 e. The van der Waals surface area contributed by atoms with Gasteiger partial charge in [-0.25, -0.2) is 4.79 Å². The maximum absolute atomic E-state index is 12.7. The molecule has 1 heterocycles. The quantitative estimate of drug-likeness (QED) is 0.691. The van der Waals surface area contributed by atoms with Gasteiger partial charge in [-0.05, 0) is 31.9 Å². The highest BCUT2D eigenvalue weighted by atomic mass is 16.5. The van der Waals surface area contributed by atoms with E-state index in [1.54, 1.807) is 31.3 Å². The molecule has 8 nitrogen and oxygen atoms in total. The minimum Gasteiger partial charge on any atom is -0.452 e. The number of esters is 1. The smallest absolute Gasteiger partial charge is 0.419 e. The van der Waals surface area contributed by atoms with Gasteiger partial charge in [0.1, 0.15) is 5.54 Å². The molecule has 0 unspecified atom stereocenters. The highest BCUT2D eigenvalue weighted by molar-refractivity contribution is 5.84. The number of oxazole rings is 1. The predicted molar refractivity (Wildman–Crippen MR) is 105 cm³/mol. The van der Waals surface area contributed by atoms with Crippen LogP contribution in [0.25, 0.3) is 11.1 Å². The number of nitrogens with zero attached hydrogens (tertiary/aromatic N) is 3. The number of rotatable bonds is 6. The molecule has 3 rings (SSSR count). The van der Waals surface area contributed by atoms with E-state index in [0.717, 1.165) is 19.3 Å². The van der Waals surface area contributed by atoms with E-state index < -0.39 is 29.3 Å². The summed E-state index contributed by atoms with van der Waals surface area (Å²) in [4.78, 5) is 38.4. The van der Waals surface area contributed by atoms with Crippen LogP contribution < -0.4 is 5.76 Å². The molecule has 0 N–H and O–H groups in total. The van der Waals surface area contributed by atoms with Gasteiger partial charge < -0.3 is 14.1 Å². The van der Waals surface area contributed by atoms with Crippen LogP contribution in [0.4, 0.5) is 0 Å². The molecular weight excluding hydrogens is 374 g/mol. The number of carbonyl (C=O) groups excluding carboxylic acids is 2. The second kappa shape index (κ2) is 8.52. The number of carbonyl (C=O) groups is 2. The van der Waals surface area contributed by atoms with Crippen LogP contribution in [0.1, 0.15) is 45.4 Å². The molecule has 1 atom stereocenters. The summed E-state index contributed by atoms with van der Waals surface area (Å²) in [5.41, 5.74) is 0.215. The summed E-state index contributed by atoms with van der Waals surface area (Å²) < 4.78 is 11.8. The first-order chi connectivity index (χ1) is 13.9. The highest BCUT2D eigenvalue weighted by Gasteiger charge is 2.40. The molecule has 1 aliphatic carbocycles. The van der Waals surface area contributed by atoms with E-state index >= 15 is 0 Å². The molecule has 154 valence electrons. The summed E-state index contributed by atoms with van der Waals surface area (Å²) in [6.07, 6.45) is 3.02. The number of nitriles is 1. The normalized spacial score (nSPS) is 16.7. The number of hydrogen-bond donors (Lipinski definition) is 0. The molecule has 1 fully saturated rings. The van der Waals surface area contributed by atoms with Crippen molar-refractivity contribution < 1.29 is 18.7 Å². The Morgan fingerprint density at radius 3 is 2.69 bits per heavy atom. The van der Waals surface area contributed by atoms with Gasteiger partial charge in [-0.15, -0.1) is 0 Å². The summed E-state index contributed by atoms with van der Waals surface area (Å²) in [6, 6.07) is 9.24. The molecule has 0 saturated heterocycles. The van der Waals surface area contributed by atoms with E-state index in [-0.39, 0.29) is 13.0 Å². The Labute approximate surface area is 168 Å². The molecule has 8 heteroatoms. The fraction of sp³-hybridized carbons (Fsp3) is 0.524. The van der Waals surface area contributed by atoms with Crippen LogP contribution in [0.5, 0.6) is 0 Å². The van der Waals surface area contributed by atoms with E-state index in [0.29, 0.717) is 23.9 Å². The molecule has 1 saturated carbocycles. The van der Waals surface area contributed by atoms with Crippen LogP contribution >= 0.6 is 0 Å². The number of ether oxygens (including phenoxy) is 1. The third-order valence-corrected chi connectivity index (χ3v) is 5.63. The van der Waals surface area contributed by atoms with Gasteiger partial charge in [-0.3, -0.25) is 14.2 Å². The van der Waals surface area contributed by atoms with Crippen molar-refractivity contribution in [2.45, 2.75) is 63.6 Å². The van der Waals surface area contributed by atoms with Gasteiger partial charge in [0.2, 0.25) is 0 Å². The van der Waals surface area contributed by atoms with Crippen molar-refractivity contribution in [1.82, 2.24) is 9.47 Å². The number of amides is 1. The lowest BCUT2D eigenvalue weighted by molar-refractivity contribution is -0.161. The van der Waals surface area contributed by atoms with Crippen LogP contribution in [-0.2, 0) is 20.9 Å². The minimum absolute atomic E-state index is 0.0752. The van der Waals surface area contributed by atoms with Gasteiger partial charge in [0.15, 0.2) is 11.7 Å². The van der Waals surface area contributed by atoms with Crippen LogP contribution in [0, 0.1) is 11.3 Å². The SMILES string of the molecule is C[C@H](OC(=O)CCn1c(=O)oc2ccccc21)C(=O)N(C)C1(C#N)CCCCC1. The number of benzene rings is 1. The standard InChI is InChI=1S/C21H25N3O5/c1-15(19(26)23(2)21(14-22)11-6-3-7-12-21)28-18(25)10-13-24-16-8-4-5-9-17(16)29-20(24)27/h4-5,8-9,15H,3,6-7,10-13H2,1-2H3/t15-/m0/s1. The van der Waals surface area contributed by atoms with Gasteiger partial charge in [-0.2, -0.15) is 5.26 Å². The van der Waals surface area contributed by atoms with Crippen molar-refractivity contribution in [3.05, 3.63) is 34.8 Å². The van der Waals surface area contributed by atoms with Crippen molar-refractivity contribution in [3.8, 4) is 6.07 Å². The number of aryl methyl sites for hydroxylation is 1. The molecule has 0 radical (unpaired) electrons. The monoisotopic (exact) mass is 399 g/mol. The van der Waals surface area contributed by atoms with Crippen molar-refractivity contribution in [3.63, 3.8) is 0 Å². The topological polar surface area (TPSA) is 106 Å². The first-order valence-electron chi connectivity index (χ1n) is 9.85. The van der Waals surface area contributed by atoms with E-state index in [9.17, 15) is 19.6 Å². The summed E-state index contributed by atoms with van der Waals surface area (Å²) in [5.74, 6) is -1.53. The zero-order chi connectivity index (χ0) is 21.0. The first kappa shape index (κ1) is 20.6. The molecule has 0 aliphatic heterocycles. The Bertz CT molecular complexity index is 994. The lowest BCUT2D eigenvalue weighted by Crippen LogP contribution is -2.53. The Kier molecular flexibility index (Phi) is 6.06. The van der Waals surface area contributed by atoms with Gasteiger partial charge in [0.25, 0.3) is 5.91 Å². The number of likely N-dealkylation sites (N-methyl/N-ethyl adjacent to an activating group) is 1. The molecule has 2 aromatic rings. The van der Waals surface area contributed by atoms with Crippen molar-refractivity contribution in [2.75, 3.05) is 7.05 Å². The third kappa shape index (κ3) is 4.19. The average molecular weight is 399 g/mol. The second-order valence-corrected chi connectivity index (χ2v) is 7.47. The first-order valence-corrected chi connectivity index (χ1v) is 9.85. The lowest BCUT2D eigenvalue weighted by atomic mass is 9.81. The number of hydrogen-bond acceptors (Lipinski definition) is 6. The molecule has 1 amide bonds. The zero-order valence-corrected chi connectivity index (χ0v) is 16.7. The highest BCUT2D eigenvalue weighted by Crippen LogP contribution is 2.32. The fourth-order valence-corrected chi connectivity index (χ4v) is 3.88. The van der Waals surface area contributed by atoms with Crippen LogP contribution in [0.2, 0.25) is 0 Å². The summed E-state index contributed by atoms with van der Waals surface area (Å²) >= 11 is 0. The van der Waals surface area contributed by atoms with E-state index in [1.165, 1.54) is 16.4 Å². The van der Waals surface area contributed by atoms with Gasteiger partial charge in [0, 0.05) is 13.6 Å². The Morgan fingerprint density at radius 2 is 2.00 bits per heavy atom. The number of aromatic nitrogens is 1. The van der Waals surface area contributed by atoms with Crippen molar-refractivity contribution >= 4 is 23.0 Å². The van der Waals surface area contributed by atoms with Gasteiger partial charge in [0.05, 0.1) is 18.0 Å². The molecule has 0 spiro atoms. The van der Waals surface area contributed by atoms with Crippen molar-refractivity contribution in [2.24, 2.45) is 0 Å². The maximum Gasteiger partial charge on any atom is 0.419 e. The third-order valence-electron chi connectivity index (χ3n) is 5.63. The maximum atomic E-state index is 12.7. The van der Waals surface area contributed by atoms with E-state index in [1.807, 2.05) is 0 Å². The van der Waals surface area contributed by atoms with Crippen LogP contribution in [-0.4, -0.2) is 40.0 Å². The van der Waals surface area contributed by atoms with E-state index in [4.69, 9.17) is 9.15 Å². The fourth-order valence-electron chi connectivity index (χ4n) is 3.88. The van der Waals surface area contributed by atoms with Gasteiger partial charge in [-0.1, -0.05) is 31.4 Å². The average Bonchev–Trinajstić information content (AvgIpc) is 3.06. The minimum atomic E-state index is -1.00. The number of para-hydroxylation sites is 2. The summed E-state index contributed by atoms with van der Waals surface area (Å²) in [5, 5.41) is 9.63. The van der Waals surface area contributed by atoms with Gasteiger partial charge >= 0.3 is 11.7 Å². The van der Waals surface area contributed by atoms with E-state index in [2.05, 4.69) is 6.07 Å². The summed E-state index contributed by atoms with van der Waals surface area (Å²) in [7, 11) is 1.60. The molecule has 1 aliphatic rings. The second-order valence-electron chi connectivity index (χ2n) is 7.47. The molecule has 29 heavy (non-hydrogen) atoms. The van der Waals surface area contributed by atoms with Crippen LogP contribution in [0.15, 0.2) is 33.5 Å². The predicted octanol–water partition coefficient (Wildman–Crippen LogP) is 2.60. The molecular formula is C21H25N3O5. The van der Waals surface area contributed by atoms with Crippen molar-refractivity contribution in [1.29, 1.82) is 5.26 Å².